The molecule has 2 N–H and O–H groups in total. The van der Waals surface area contributed by atoms with E-state index in [-0.39, 0.29) is 6.04 Å². The number of benzene rings is 3. The van der Waals surface area contributed by atoms with E-state index in [1.807, 2.05) is 80.6 Å². The number of anilines is 1. The molecule has 0 saturated carbocycles. The summed E-state index contributed by atoms with van der Waals surface area (Å²) in [6.45, 7) is 0.711. The minimum atomic E-state index is -3.70. The van der Waals surface area contributed by atoms with Crippen LogP contribution in [0.5, 0.6) is 0 Å². The molecule has 3 aromatic carbocycles. The molecule has 0 saturated heterocycles. The summed E-state index contributed by atoms with van der Waals surface area (Å²) in [7, 11) is 2.07. The van der Waals surface area contributed by atoms with Gasteiger partial charge in [0.05, 0.1) is 4.90 Å². The van der Waals surface area contributed by atoms with Crippen LogP contribution in [0.1, 0.15) is 18.0 Å². The summed E-state index contributed by atoms with van der Waals surface area (Å²) in [6, 6.07) is 20.6. The van der Waals surface area contributed by atoms with Gasteiger partial charge in [-0.2, -0.15) is 0 Å². The molecule has 0 radical (unpaired) electrons. The monoisotopic (exact) mass is 397 g/mol. The van der Waals surface area contributed by atoms with Crippen LogP contribution in [0, 0.1) is 0 Å². The lowest BCUT2D eigenvalue weighted by Crippen LogP contribution is -2.30. The van der Waals surface area contributed by atoms with E-state index < -0.39 is 10.0 Å². The van der Waals surface area contributed by atoms with Gasteiger partial charge in [0.1, 0.15) is 0 Å². The highest BCUT2D eigenvalue weighted by molar-refractivity contribution is 7.89. The Kier molecular flexibility index (Phi) is 6.34. The number of sulfonamides is 1. The second kappa shape index (κ2) is 8.73. The summed E-state index contributed by atoms with van der Waals surface area (Å²) >= 11 is 0. The fourth-order valence-electron chi connectivity index (χ4n) is 3.41. The van der Waals surface area contributed by atoms with Gasteiger partial charge >= 0.3 is 0 Å². The van der Waals surface area contributed by atoms with Gasteiger partial charge < -0.3 is 10.2 Å². The molecule has 3 aromatic rings. The smallest absolute Gasteiger partial charge is 0.241 e. The fourth-order valence-corrected chi connectivity index (χ4v) is 4.89. The number of fused-ring (bicyclic) bond motifs is 1. The first-order chi connectivity index (χ1) is 13.4. The van der Waals surface area contributed by atoms with Gasteiger partial charge in [-0.3, -0.25) is 0 Å². The average Bonchev–Trinajstić information content (AvgIpc) is 2.70. The van der Waals surface area contributed by atoms with Crippen LogP contribution in [0.2, 0.25) is 0 Å². The first kappa shape index (κ1) is 20.3. The molecule has 0 bridgehead atoms. The lowest BCUT2D eigenvalue weighted by atomic mass is 10.1. The van der Waals surface area contributed by atoms with Crippen molar-refractivity contribution < 1.29 is 8.42 Å². The minimum absolute atomic E-state index is 0.300. The second-order valence-electron chi connectivity index (χ2n) is 7.00. The molecule has 6 heteroatoms. The van der Waals surface area contributed by atoms with Crippen LogP contribution in [0.3, 0.4) is 0 Å². The molecule has 0 aliphatic heterocycles. The lowest BCUT2D eigenvalue weighted by molar-refractivity contribution is 0.532. The highest BCUT2D eigenvalue weighted by Crippen LogP contribution is 2.31. The first-order valence-electron chi connectivity index (χ1n) is 9.35. The molecule has 1 atom stereocenters. The van der Waals surface area contributed by atoms with Gasteiger partial charge in [0.25, 0.3) is 0 Å². The van der Waals surface area contributed by atoms with Gasteiger partial charge in [-0.05, 0) is 37.7 Å². The maximum Gasteiger partial charge on any atom is 0.241 e. The van der Waals surface area contributed by atoms with E-state index in [0.717, 1.165) is 22.0 Å². The van der Waals surface area contributed by atoms with E-state index in [2.05, 4.69) is 10.0 Å². The fraction of sp³-hybridized carbons (Fsp3) is 0.273. The standard InChI is InChI=1S/C22H27N3O2S/c1-23-16-15-20(17-9-5-4-6-10-17)24-28(26,27)22-14-8-11-18-19(22)12-7-13-21(18)25(2)3/h4-14,20,23-24H,15-16H2,1-3H3. The Labute approximate surface area is 167 Å². The summed E-state index contributed by atoms with van der Waals surface area (Å²) in [5.41, 5.74) is 1.94. The van der Waals surface area contributed by atoms with Crippen molar-refractivity contribution in [3.8, 4) is 0 Å². The maximum absolute atomic E-state index is 13.3. The molecule has 148 valence electrons. The first-order valence-corrected chi connectivity index (χ1v) is 10.8. The van der Waals surface area contributed by atoms with Gasteiger partial charge in [-0.1, -0.05) is 54.6 Å². The van der Waals surface area contributed by atoms with Crippen LogP contribution >= 0.6 is 0 Å². The largest absolute Gasteiger partial charge is 0.377 e. The van der Waals surface area contributed by atoms with Crippen LogP contribution in [-0.4, -0.2) is 36.1 Å². The van der Waals surface area contributed by atoms with Crippen molar-refractivity contribution in [2.24, 2.45) is 0 Å². The topological polar surface area (TPSA) is 61.4 Å². The Hall–Kier alpha value is -2.41. The highest BCUT2D eigenvalue weighted by atomic mass is 32.2. The van der Waals surface area contributed by atoms with Crippen LogP contribution in [0.25, 0.3) is 10.8 Å². The molecular formula is C22H27N3O2S. The summed E-state index contributed by atoms with van der Waals surface area (Å²) < 4.78 is 29.6. The Balaban J connectivity index is 2.03. The van der Waals surface area contributed by atoms with Gasteiger partial charge in [-0.15, -0.1) is 0 Å². The molecule has 0 aliphatic carbocycles. The van der Waals surface area contributed by atoms with E-state index in [1.54, 1.807) is 12.1 Å². The third kappa shape index (κ3) is 4.35. The zero-order chi connectivity index (χ0) is 20.1. The van der Waals surface area contributed by atoms with E-state index in [1.165, 1.54) is 0 Å². The Morgan fingerprint density at radius 1 is 0.893 bits per heavy atom. The molecule has 1 unspecified atom stereocenters. The summed E-state index contributed by atoms with van der Waals surface area (Å²) in [4.78, 5) is 2.30. The molecule has 0 fully saturated rings. The minimum Gasteiger partial charge on any atom is -0.377 e. The Morgan fingerprint density at radius 2 is 1.57 bits per heavy atom. The average molecular weight is 398 g/mol. The molecule has 0 heterocycles. The third-order valence-corrected chi connectivity index (χ3v) is 6.34. The van der Waals surface area contributed by atoms with Crippen LogP contribution < -0.4 is 14.9 Å². The lowest BCUT2D eigenvalue weighted by Gasteiger charge is -2.21. The molecule has 3 rings (SSSR count). The van der Waals surface area contributed by atoms with E-state index in [0.29, 0.717) is 17.9 Å². The van der Waals surface area contributed by atoms with Crippen molar-refractivity contribution in [2.45, 2.75) is 17.4 Å². The Morgan fingerprint density at radius 3 is 2.25 bits per heavy atom. The molecule has 28 heavy (non-hydrogen) atoms. The second-order valence-corrected chi connectivity index (χ2v) is 8.68. The normalized spacial score (nSPS) is 12.8. The number of hydrogen-bond donors (Lipinski definition) is 2. The SMILES string of the molecule is CNCCC(NS(=O)(=O)c1cccc2c(N(C)C)cccc12)c1ccccc1. The van der Waals surface area contributed by atoms with Crippen molar-refractivity contribution in [1.29, 1.82) is 0 Å². The van der Waals surface area contributed by atoms with Gasteiger partial charge in [0.15, 0.2) is 0 Å². The quantitative estimate of drug-likeness (QED) is 0.610. The summed E-state index contributed by atoms with van der Waals surface area (Å²) in [6.07, 6.45) is 0.660. The van der Waals surface area contributed by atoms with Crippen LogP contribution in [0.15, 0.2) is 71.6 Å². The van der Waals surface area contributed by atoms with E-state index in [9.17, 15) is 8.42 Å². The Bertz CT molecular complexity index is 1030. The number of rotatable bonds is 8. The zero-order valence-corrected chi connectivity index (χ0v) is 17.3. The number of nitrogens with zero attached hydrogens (tertiary/aromatic N) is 1. The van der Waals surface area contributed by atoms with E-state index >= 15 is 0 Å². The maximum atomic E-state index is 13.3. The number of nitrogens with one attached hydrogen (secondary N) is 2. The van der Waals surface area contributed by atoms with Crippen molar-refractivity contribution in [2.75, 3.05) is 32.6 Å². The molecule has 0 spiro atoms. The third-order valence-electron chi connectivity index (χ3n) is 4.81. The van der Waals surface area contributed by atoms with Crippen LogP contribution in [0.4, 0.5) is 5.69 Å². The van der Waals surface area contributed by atoms with Gasteiger partial charge in [-0.25, -0.2) is 13.1 Å². The molecule has 5 nitrogen and oxygen atoms in total. The molecule has 0 aromatic heterocycles. The predicted octanol–water partition coefficient (Wildman–Crippen LogP) is 3.53. The molecule has 0 aliphatic rings. The van der Waals surface area contributed by atoms with Gasteiger partial charge in [0, 0.05) is 36.6 Å². The van der Waals surface area contributed by atoms with Gasteiger partial charge in [0.2, 0.25) is 10.0 Å². The molecule has 0 amide bonds. The van der Waals surface area contributed by atoms with Crippen molar-refractivity contribution in [1.82, 2.24) is 10.0 Å². The predicted molar refractivity (Wildman–Crippen MR) is 116 cm³/mol. The van der Waals surface area contributed by atoms with Crippen molar-refractivity contribution >= 4 is 26.5 Å². The van der Waals surface area contributed by atoms with Crippen molar-refractivity contribution in [3.63, 3.8) is 0 Å². The van der Waals surface area contributed by atoms with Crippen molar-refractivity contribution in [3.05, 3.63) is 72.3 Å². The van der Waals surface area contributed by atoms with Crippen LogP contribution in [-0.2, 0) is 10.0 Å². The zero-order valence-electron chi connectivity index (χ0n) is 16.5. The van der Waals surface area contributed by atoms with E-state index in [4.69, 9.17) is 0 Å². The highest BCUT2D eigenvalue weighted by Gasteiger charge is 2.23. The number of hydrogen-bond acceptors (Lipinski definition) is 4. The summed E-state index contributed by atoms with van der Waals surface area (Å²) in [5, 5.41) is 4.74. The summed E-state index contributed by atoms with van der Waals surface area (Å²) in [5.74, 6) is 0. The molecular weight excluding hydrogens is 370 g/mol.